The van der Waals surface area contributed by atoms with Gasteiger partial charge in [-0.25, -0.2) is 25.9 Å². The topological polar surface area (TPSA) is 112 Å². The van der Waals surface area contributed by atoms with Crippen LogP contribution in [0.5, 0.6) is 11.5 Å². The van der Waals surface area contributed by atoms with Crippen molar-refractivity contribution in [1.29, 1.82) is 0 Å². The molecular formula is C20H20FNO7S2. The number of hydrogen-bond donors (Lipinski definition) is 1. The van der Waals surface area contributed by atoms with E-state index in [1.807, 2.05) is 0 Å². The summed E-state index contributed by atoms with van der Waals surface area (Å²) < 4.78 is 82.8. The van der Waals surface area contributed by atoms with E-state index in [-0.39, 0.29) is 21.3 Å². The molecule has 0 bridgehead atoms. The number of nitrogens with one attached hydrogen (secondary N) is 1. The summed E-state index contributed by atoms with van der Waals surface area (Å²) in [5.74, 6) is -0.0114. The first-order valence-corrected chi connectivity index (χ1v) is 12.0. The van der Waals surface area contributed by atoms with Crippen molar-refractivity contribution in [3.8, 4) is 11.5 Å². The van der Waals surface area contributed by atoms with Crippen LogP contribution in [0.2, 0.25) is 0 Å². The van der Waals surface area contributed by atoms with Gasteiger partial charge in [0, 0.05) is 12.6 Å². The Morgan fingerprint density at radius 3 is 2.16 bits per heavy atom. The fraction of sp³-hybridized carbons (Fsp3) is 0.200. The lowest BCUT2D eigenvalue weighted by Crippen LogP contribution is -2.32. The second-order valence-corrected chi connectivity index (χ2v) is 10.3. The Labute approximate surface area is 179 Å². The van der Waals surface area contributed by atoms with Crippen LogP contribution >= 0.6 is 0 Å². The average Bonchev–Trinajstić information content (AvgIpc) is 3.27. The minimum atomic E-state index is -4.10. The number of benzene rings is 2. The van der Waals surface area contributed by atoms with Gasteiger partial charge >= 0.3 is 0 Å². The van der Waals surface area contributed by atoms with E-state index in [4.69, 9.17) is 13.9 Å². The maximum absolute atomic E-state index is 13.2. The largest absolute Gasteiger partial charge is 0.493 e. The molecule has 0 saturated carbocycles. The summed E-state index contributed by atoms with van der Waals surface area (Å²) in [6.07, 6.45) is 1.28. The van der Waals surface area contributed by atoms with Gasteiger partial charge in [0.15, 0.2) is 21.3 Å². The Hall–Kier alpha value is -2.89. The van der Waals surface area contributed by atoms with Crippen molar-refractivity contribution in [3.63, 3.8) is 0 Å². The number of hydrogen-bond acceptors (Lipinski definition) is 7. The third kappa shape index (κ3) is 4.89. The van der Waals surface area contributed by atoms with Crippen LogP contribution in [0.4, 0.5) is 4.39 Å². The summed E-state index contributed by atoms with van der Waals surface area (Å²) in [7, 11) is -5.43. The van der Waals surface area contributed by atoms with Crippen LogP contribution in [0.15, 0.2) is 75.1 Å². The fourth-order valence-corrected chi connectivity index (χ4v) is 5.63. The number of sulfonamides is 1. The van der Waals surface area contributed by atoms with E-state index in [1.54, 1.807) is 0 Å². The van der Waals surface area contributed by atoms with Gasteiger partial charge in [0.05, 0.1) is 30.3 Å². The number of ether oxygens (including phenoxy) is 2. The minimum Gasteiger partial charge on any atom is -0.493 e. The summed E-state index contributed by atoms with van der Waals surface area (Å²) in [6.45, 7) is -0.510. The van der Waals surface area contributed by atoms with Crippen LogP contribution in [-0.2, 0) is 19.9 Å². The van der Waals surface area contributed by atoms with Crippen LogP contribution < -0.4 is 14.2 Å². The van der Waals surface area contributed by atoms with Crippen LogP contribution in [0.1, 0.15) is 11.0 Å². The number of methoxy groups -OCH3 is 2. The third-order valence-corrected chi connectivity index (χ3v) is 8.00. The van der Waals surface area contributed by atoms with Crippen LogP contribution in [0.3, 0.4) is 0 Å². The van der Waals surface area contributed by atoms with E-state index in [0.29, 0.717) is 5.75 Å². The van der Waals surface area contributed by atoms with Crippen molar-refractivity contribution in [2.45, 2.75) is 15.0 Å². The standard InChI is InChI=1S/C20H20FNO7S2/c1-27-17-10-9-16(12-19(17)28-2)31(25,26)22-13-20(18-4-3-11-29-18)30(23,24)15-7-5-14(21)6-8-15/h3-12,20,22H,13H2,1-2H3/t20-/m1/s1. The highest BCUT2D eigenvalue weighted by Gasteiger charge is 2.33. The van der Waals surface area contributed by atoms with Gasteiger partial charge in [0.25, 0.3) is 0 Å². The van der Waals surface area contributed by atoms with Gasteiger partial charge in [-0.3, -0.25) is 0 Å². The monoisotopic (exact) mass is 469 g/mol. The zero-order valence-electron chi connectivity index (χ0n) is 16.6. The molecule has 31 heavy (non-hydrogen) atoms. The van der Waals surface area contributed by atoms with Crippen LogP contribution in [0.25, 0.3) is 0 Å². The predicted molar refractivity (Wildman–Crippen MR) is 110 cm³/mol. The molecule has 8 nitrogen and oxygen atoms in total. The molecule has 0 aliphatic carbocycles. The van der Waals surface area contributed by atoms with Gasteiger partial charge in [-0.1, -0.05) is 0 Å². The molecule has 166 valence electrons. The molecule has 0 amide bonds. The van der Waals surface area contributed by atoms with Gasteiger partial charge in [0.1, 0.15) is 16.8 Å². The quantitative estimate of drug-likeness (QED) is 0.480. The number of halogens is 1. The highest BCUT2D eigenvalue weighted by atomic mass is 32.2. The first-order chi connectivity index (χ1) is 14.7. The molecule has 3 aromatic rings. The van der Waals surface area contributed by atoms with Crippen LogP contribution in [-0.4, -0.2) is 37.6 Å². The third-order valence-electron chi connectivity index (χ3n) is 4.50. The highest BCUT2D eigenvalue weighted by Crippen LogP contribution is 2.31. The second kappa shape index (κ2) is 9.08. The Morgan fingerprint density at radius 2 is 1.58 bits per heavy atom. The summed E-state index contributed by atoms with van der Waals surface area (Å²) in [5.41, 5.74) is 0. The van der Waals surface area contributed by atoms with Crippen LogP contribution in [0, 0.1) is 5.82 Å². The van der Waals surface area contributed by atoms with Gasteiger partial charge in [-0.05, 0) is 48.5 Å². The summed E-state index contributed by atoms with van der Waals surface area (Å²) in [4.78, 5) is -0.303. The lowest BCUT2D eigenvalue weighted by atomic mass is 10.3. The van der Waals surface area contributed by atoms with Crippen molar-refractivity contribution in [2.24, 2.45) is 0 Å². The van der Waals surface area contributed by atoms with Crippen molar-refractivity contribution >= 4 is 19.9 Å². The van der Waals surface area contributed by atoms with Crippen molar-refractivity contribution < 1.29 is 35.1 Å². The molecule has 0 spiro atoms. The molecule has 3 rings (SSSR count). The molecule has 1 heterocycles. The second-order valence-electron chi connectivity index (χ2n) is 6.37. The zero-order chi connectivity index (χ0) is 22.6. The van der Waals surface area contributed by atoms with E-state index in [0.717, 1.165) is 24.3 Å². The SMILES string of the molecule is COc1ccc(S(=O)(=O)NC[C@H](c2ccco2)S(=O)(=O)c2ccc(F)cc2)cc1OC. The number of furan rings is 1. The number of rotatable bonds is 9. The van der Waals surface area contributed by atoms with Crippen molar-refractivity contribution in [3.05, 3.63) is 72.4 Å². The first-order valence-electron chi connectivity index (χ1n) is 8.93. The minimum absolute atomic E-state index is 0.0411. The van der Waals surface area contributed by atoms with E-state index in [2.05, 4.69) is 4.72 Å². The lowest BCUT2D eigenvalue weighted by molar-refractivity contribution is 0.354. The summed E-state index contributed by atoms with van der Waals surface area (Å²) >= 11 is 0. The molecule has 0 aliphatic heterocycles. The maximum Gasteiger partial charge on any atom is 0.240 e. The van der Waals surface area contributed by atoms with Gasteiger partial charge < -0.3 is 13.9 Å². The normalized spacial score (nSPS) is 13.0. The van der Waals surface area contributed by atoms with E-state index >= 15 is 0 Å². The molecule has 0 aliphatic rings. The Bertz CT molecular complexity index is 1240. The van der Waals surface area contributed by atoms with Crippen molar-refractivity contribution in [1.82, 2.24) is 4.72 Å². The molecule has 1 N–H and O–H groups in total. The summed E-state index contributed by atoms with van der Waals surface area (Å²) in [6, 6.07) is 11.2. The lowest BCUT2D eigenvalue weighted by Gasteiger charge is -2.17. The van der Waals surface area contributed by atoms with Gasteiger partial charge in [-0.2, -0.15) is 0 Å². The zero-order valence-corrected chi connectivity index (χ0v) is 18.2. The van der Waals surface area contributed by atoms with Gasteiger partial charge in [0.2, 0.25) is 10.0 Å². The van der Waals surface area contributed by atoms with E-state index in [9.17, 15) is 21.2 Å². The molecule has 1 atom stereocenters. The molecule has 0 unspecified atom stereocenters. The highest BCUT2D eigenvalue weighted by molar-refractivity contribution is 7.92. The fourth-order valence-electron chi connectivity index (χ4n) is 2.88. The maximum atomic E-state index is 13.2. The number of sulfone groups is 1. The Kier molecular flexibility index (Phi) is 6.68. The molecule has 1 aromatic heterocycles. The Morgan fingerprint density at radius 1 is 0.935 bits per heavy atom. The molecule has 2 aromatic carbocycles. The average molecular weight is 470 g/mol. The molecule has 0 radical (unpaired) electrons. The summed E-state index contributed by atoms with van der Waals surface area (Å²) in [5, 5.41) is -1.37. The molecule has 0 fully saturated rings. The van der Waals surface area contributed by atoms with E-state index < -0.39 is 37.5 Å². The smallest absolute Gasteiger partial charge is 0.240 e. The Balaban J connectivity index is 1.92. The predicted octanol–water partition coefficient (Wildman–Crippen LogP) is 2.93. The molecular weight excluding hydrogens is 449 g/mol. The molecule has 11 heteroatoms. The van der Waals surface area contributed by atoms with Gasteiger partial charge in [-0.15, -0.1) is 0 Å². The first kappa shape index (κ1) is 22.8. The molecule has 0 saturated heterocycles. The van der Waals surface area contributed by atoms with E-state index in [1.165, 1.54) is 50.8 Å². The van der Waals surface area contributed by atoms with Crippen molar-refractivity contribution in [2.75, 3.05) is 20.8 Å².